The van der Waals surface area contributed by atoms with Crippen LogP contribution in [-0.2, 0) is 11.2 Å². The average Bonchev–Trinajstić information content (AvgIpc) is 3.01. The number of hydrogen-bond donors (Lipinski definition) is 2. The number of nitrogens with two attached hydrogens (primary N) is 1. The highest BCUT2D eigenvalue weighted by Crippen LogP contribution is 2.24. The van der Waals surface area contributed by atoms with Crippen LogP contribution in [0.25, 0.3) is 5.65 Å². The van der Waals surface area contributed by atoms with Crippen molar-refractivity contribution in [3.63, 3.8) is 0 Å². The van der Waals surface area contributed by atoms with E-state index in [4.69, 9.17) is 28.9 Å². The molecule has 0 bridgehead atoms. The van der Waals surface area contributed by atoms with Crippen LogP contribution in [0.2, 0.25) is 10.0 Å². The standard InChI is InChI=1S/C19H19Cl2N5O2/c1-10-15(7-12-5-13(20)8-14(21)6-12)11(2)26-18(25-10)16(9-24-26)19(28)23-4-3-17(22)27/h5-6,8-9H,3-4,7H2,1-2H3,(H2,22,27)(H,23,28). The summed E-state index contributed by atoms with van der Waals surface area (Å²) in [4.78, 5) is 27.8. The van der Waals surface area contributed by atoms with Gasteiger partial charge in [0.2, 0.25) is 5.91 Å². The van der Waals surface area contributed by atoms with Gasteiger partial charge in [-0.05, 0) is 43.2 Å². The van der Waals surface area contributed by atoms with E-state index in [1.165, 1.54) is 6.20 Å². The summed E-state index contributed by atoms with van der Waals surface area (Å²) in [7, 11) is 0. The number of amides is 2. The molecule has 0 aliphatic carbocycles. The fraction of sp³-hybridized carbons (Fsp3) is 0.263. The van der Waals surface area contributed by atoms with Gasteiger partial charge in [0.15, 0.2) is 5.65 Å². The summed E-state index contributed by atoms with van der Waals surface area (Å²) in [6, 6.07) is 5.40. The van der Waals surface area contributed by atoms with Crippen LogP contribution in [0.1, 0.15) is 39.3 Å². The molecule has 2 amide bonds. The predicted molar refractivity (Wildman–Crippen MR) is 108 cm³/mol. The van der Waals surface area contributed by atoms with Gasteiger partial charge in [-0.1, -0.05) is 23.2 Å². The van der Waals surface area contributed by atoms with Crippen LogP contribution in [0.5, 0.6) is 0 Å². The van der Waals surface area contributed by atoms with E-state index in [1.54, 1.807) is 10.6 Å². The normalized spacial score (nSPS) is 11.0. The van der Waals surface area contributed by atoms with Crippen molar-refractivity contribution in [3.8, 4) is 0 Å². The van der Waals surface area contributed by atoms with Crippen molar-refractivity contribution in [2.24, 2.45) is 5.73 Å². The minimum Gasteiger partial charge on any atom is -0.370 e. The fourth-order valence-electron chi connectivity index (χ4n) is 3.04. The van der Waals surface area contributed by atoms with Gasteiger partial charge in [-0.3, -0.25) is 9.59 Å². The molecule has 3 N–H and O–H groups in total. The molecule has 0 radical (unpaired) electrons. The van der Waals surface area contributed by atoms with E-state index in [0.29, 0.717) is 27.7 Å². The number of carbonyl (C=O) groups excluding carboxylic acids is 2. The van der Waals surface area contributed by atoms with E-state index < -0.39 is 5.91 Å². The first-order chi connectivity index (χ1) is 13.3. The average molecular weight is 420 g/mol. The molecular formula is C19H19Cl2N5O2. The Morgan fingerprint density at radius 3 is 2.50 bits per heavy atom. The van der Waals surface area contributed by atoms with Gasteiger partial charge in [0.1, 0.15) is 5.56 Å². The molecule has 3 aromatic rings. The molecule has 0 atom stereocenters. The maximum atomic E-state index is 12.4. The summed E-state index contributed by atoms with van der Waals surface area (Å²) in [6.07, 6.45) is 2.12. The lowest BCUT2D eigenvalue weighted by Crippen LogP contribution is -2.28. The third-order valence-corrected chi connectivity index (χ3v) is 4.85. The van der Waals surface area contributed by atoms with Crippen molar-refractivity contribution in [1.29, 1.82) is 0 Å². The number of primary amides is 1. The number of halogens is 2. The molecule has 7 nitrogen and oxygen atoms in total. The smallest absolute Gasteiger partial charge is 0.256 e. The van der Waals surface area contributed by atoms with Crippen molar-refractivity contribution < 1.29 is 9.59 Å². The highest BCUT2D eigenvalue weighted by molar-refractivity contribution is 6.34. The number of aryl methyl sites for hydroxylation is 2. The second kappa shape index (κ2) is 8.16. The maximum Gasteiger partial charge on any atom is 0.256 e. The Labute approximate surface area is 171 Å². The van der Waals surface area contributed by atoms with Gasteiger partial charge in [-0.25, -0.2) is 9.50 Å². The van der Waals surface area contributed by atoms with E-state index >= 15 is 0 Å². The number of benzene rings is 1. The molecule has 9 heteroatoms. The third kappa shape index (κ3) is 4.26. The second-order valence-corrected chi connectivity index (χ2v) is 7.35. The first-order valence-electron chi connectivity index (χ1n) is 8.61. The molecular weight excluding hydrogens is 401 g/mol. The molecule has 0 saturated heterocycles. The zero-order chi connectivity index (χ0) is 20.4. The van der Waals surface area contributed by atoms with E-state index in [-0.39, 0.29) is 18.9 Å². The molecule has 0 unspecified atom stereocenters. The first kappa shape index (κ1) is 20.1. The Morgan fingerprint density at radius 1 is 1.18 bits per heavy atom. The second-order valence-electron chi connectivity index (χ2n) is 6.48. The summed E-state index contributed by atoms with van der Waals surface area (Å²) in [6.45, 7) is 3.97. The Kier molecular flexibility index (Phi) is 5.86. The number of rotatable bonds is 6. The quantitative estimate of drug-likeness (QED) is 0.640. The Hall–Kier alpha value is -2.64. The Balaban J connectivity index is 1.93. The van der Waals surface area contributed by atoms with Crippen LogP contribution in [0.15, 0.2) is 24.4 Å². The van der Waals surface area contributed by atoms with Gasteiger partial charge in [-0.2, -0.15) is 5.10 Å². The Bertz CT molecular complexity index is 1060. The van der Waals surface area contributed by atoms with E-state index in [2.05, 4.69) is 15.4 Å². The molecule has 0 aliphatic heterocycles. The molecule has 0 aliphatic rings. The van der Waals surface area contributed by atoms with Gasteiger partial charge in [0.25, 0.3) is 5.91 Å². The number of aromatic nitrogens is 3. The maximum absolute atomic E-state index is 12.4. The number of nitrogens with zero attached hydrogens (tertiary/aromatic N) is 3. The van der Waals surface area contributed by atoms with Crippen LogP contribution in [0.3, 0.4) is 0 Å². The van der Waals surface area contributed by atoms with Crippen LogP contribution in [-0.4, -0.2) is 33.0 Å². The zero-order valence-corrected chi connectivity index (χ0v) is 16.9. The highest BCUT2D eigenvalue weighted by atomic mass is 35.5. The molecule has 0 spiro atoms. The Morgan fingerprint density at radius 2 is 1.86 bits per heavy atom. The van der Waals surface area contributed by atoms with Crippen LogP contribution in [0.4, 0.5) is 0 Å². The zero-order valence-electron chi connectivity index (χ0n) is 15.4. The van der Waals surface area contributed by atoms with Crippen LogP contribution >= 0.6 is 23.2 Å². The van der Waals surface area contributed by atoms with Crippen molar-refractivity contribution in [2.45, 2.75) is 26.7 Å². The van der Waals surface area contributed by atoms with Crippen molar-refractivity contribution in [1.82, 2.24) is 19.9 Å². The lowest BCUT2D eigenvalue weighted by Gasteiger charge is -2.12. The molecule has 2 aromatic heterocycles. The van der Waals surface area contributed by atoms with Crippen LogP contribution in [0, 0.1) is 13.8 Å². The molecule has 146 valence electrons. The van der Waals surface area contributed by atoms with Gasteiger partial charge in [-0.15, -0.1) is 0 Å². The first-order valence-corrected chi connectivity index (χ1v) is 9.37. The lowest BCUT2D eigenvalue weighted by atomic mass is 10.0. The largest absolute Gasteiger partial charge is 0.370 e. The van der Waals surface area contributed by atoms with Gasteiger partial charge >= 0.3 is 0 Å². The SMILES string of the molecule is Cc1nc2c(C(=O)NCCC(N)=O)cnn2c(C)c1Cc1cc(Cl)cc(Cl)c1. The summed E-state index contributed by atoms with van der Waals surface area (Å²) >= 11 is 12.2. The van der Waals surface area contributed by atoms with Crippen molar-refractivity contribution >= 4 is 40.7 Å². The van der Waals surface area contributed by atoms with Crippen molar-refractivity contribution in [3.05, 3.63) is 62.5 Å². The monoisotopic (exact) mass is 419 g/mol. The number of hydrogen-bond acceptors (Lipinski definition) is 4. The molecule has 28 heavy (non-hydrogen) atoms. The molecule has 0 fully saturated rings. The van der Waals surface area contributed by atoms with E-state index in [9.17, 15) is 9.59 Å². The molecule has 1 aromatic carbocycles. The summed E-state index contributed by atoms with van der Waals surface area (Å²) in [5.41, 5.74) is 9.49. The van der Waals surface area contributed by atoms with E-state index in [0.717, 1.165) is 22.5 Å². The third-order valence-electron chi connectivity index (χ3n) is 4.41. The minimum absolute atomic E-state index is 0.0722. The molecule has 2 heterocycles. The summed E-state index contributed by atoms with van der Waals surface area (Å²) in [5, 5.41) is 8.10. The predicted octanol–water partition coefficient (Wildman–Crippen LogP) is 2.85. The van der Waals surface area contributed by atoms with E-state index in [1.807, 2.05) is 26.0 Å². The van der Waals surface area contributed by atoms with Crippen molar-refractivity contribution in [2.75, 3.05) is 6.54 Å². The highest BCUT2D eigenvalue weighted by Gasteiger charge is 2.18. The molecule has 3 rings (SSSR count). The van der Waals surface area contributed by atoms with Gasteiger partial charge in [0.05, 0.1) is 6.20 Å². The summed E-state index contributed by atoms with van der Waals surface area (Å²) < 4.78 is 1.64. The molecule has 0 saturated carbocycles. The van der Waals surface area contributed by atoms with Gasteiger partial charge < -0.3 is 11.1 Å². The lowest BCUT2D eigenvalue weighted by molar-refractivity contribution is -0.117. The minimum atomic E-state index is -0.476. The number of carbonyl (C=O) groups is 2. The fourth-order valence-corrected chi connectivity index (χ4v) is 3.61. The number of fused-ring (bicyclic) bond motifs is 1. The number of nitrogens with one attached hydrogen (secondary N) is 1. The van der Waals surface area contributed by atoms with Crippen LogP contribution < -0.4 is 11.1 Å². The topological polar surface area (TPSA) is 102 Å². The van der Waals surface area contributed by atoms with Gasteiger partial charge in [0, 0.05) is 40.8 Å². The summed E-state index contributed by atoms with van der Waals surface area (Å²) in [5.74, 6) is -0.826.